The number of fused-ring (bicyclic) bond motifs is 1. The number of benzene rings is 3. The summed E-state index contributed by atoms with van der Waals surface area (Å²) in [7, 11) is -3.86. The van der Waals surface area contributed by atoms with Gasteiger partial charge in [-0.25, -0.2) is 8.42 Å². The summed E-state index contributed by atoms with van der Waals surface area (Å²) in [5.74, 6) is -0.280. The van der Waals surface area contributed by atoms with Gasteiger partial charge < -0.3 is 5.32 Å². The molecule has 1 aliphatic rings. The van der Waals surface area contributed by atoms with Crippen molar-refractivity contribution in [2.24, 2.45) is 0 Å². The minimum Gasteiger partial charge on any atom is -0.345 e. The average molecular weight is 491 g/mol. The van der Waals surface area contributed by atoms with Crippen LogP contribution in [0.2, 0.25) is 0 Å². The highest BCUT2D eigenvalue weighted by molar-refractivity contribution is 7.92. The van der Waals surface area contributed by atoms with Crippen molar-refractivity contribution in [1.29, 1.82) is 0 Å². The second kappa shape index (κ2) is 10.2. The summed E-state index contributed by atoms with van der Waals surface area (Å²) >= 11 is 0. The highest BCUT2D eigenvalue weighted by atomic mass is 32.2. The summed E-state index contributed by atoms with van der Waals surface area (Å²) < 4.78 is 29.0. The molecule has 2 N–H and O–H groups in total. The number of anilines is 1. The van der Waals surface area contributed by atoms with Gasteiger partial charge >= 0.3 is 0 Å². The molecular weight excluding hydrogens is 456 g/mol. The molecule has 3 aromatic carbocycles. The summed E-state index contributed by atoms with van der Waals surface area (Å²) in [5.41, 5.74) is 7.38. The number of amides is 1. The van der Waals surface area contributed by atoms with Crippen molar-refractivity contribution in [3.05, 3.63) is 93.5 Å². The van der Waals surface area contributed by atoms with Gasteiger partial charge in [0, 0.05) is 11.3 Å². The van der Waals surface area contributed by atoms with Gasteiger partial charge in [0.15, 0.2) is 0 Å². The minimum atomic E-state index is -3.86. The van der Waals surface area contributed by atoms with Crippen LogP contribution in [0.1, 0.15) is 76.0 Å². The van der Waals surface area contributed by atoms with E-state index in [4.69, 9.17) is 0 Å². The van der Waals surface area contributed by atoms with E-state index in [0.29, 0.717) is 16.8 Å². The van der Waals surface area contributed by atoms with Gasteiger partial charge in [-0.15, -0.1) is 0 Å². The standard InChI is InChI=1S/C29H34N2O3S/c1-5-27(24-14-13-22-8-6-7-9-23(22)17-24)30-29(32)25-12-10-20(3)28(18-25)35(33,34)31-26-15-11-19(2)21(4)16-26/h10-18,27,31H,5-9H2,1-4H3,(H,30,32)/t27-/m1/s1. The summed E-state index contributed by atoms with van der Waals surface area (Å²) in [6, 6.07) is 16.7. The van der Waals surface area contributed by atoms with Crippen molar-refractivity contribution in [1.82, 2.24) is 5.32 Å². The lowest BCUT2D eigenvalue weighted by atomic mass is 9.88. The van der Waals surface area contributed by atoms with Crippen LogP contribution in [0.3, 0.4) is 0 Å². The number of nitrogens with one attached hydrogen (secondary N) is 2. The number of sulfonamides is 1. The Morgan fingerprint density at radius 3 is 2.29 bits per heavy atom. The fourth-order valence-electron chi connectivity index (χ4n) is 4.68. The van der Waals surface area contributed by atoms with Gasteiger partial charge in [0.05, 0.1) is 10.9 Å². The summed E-state index contributed by atoms with van der Waals surface area (Å²) in [4.78, 5) is 13.3. The van der Waals surface area contributed by atoms with Crippen molar-refractivity contribution in [2.45, 2.75) is 70.7 Å². The molecule has 1 atom stereocenters. The van der Waals surface area contributed by atoms with Crippen LogP contribution in [0.25, 0.3) is 0 Å². The van der Waals surface area contributed by atoms with Crippen LogP contribution in [0.5, 0.6) is 0 Å². The van der Waals surface area contributed by atoms with Gasteiger partial charge in [-0.1, -0.05) is 37.3 Å². The van der Waals surface area contributed by atoms with Gasteiger partial charge in [-0.3, -0.25) is 9.52 Å². The lowest BCUT2D eigenvalue weighted by Gasteiger charge is -2.22. The van der Waals surface area contributed by atoms with Crippen molar-refractivity contribution in [3.63, 3.8) is 0 Å². The van der Waals surface area contributed by atoms with Gasteiger partial charge in [0.1, 0.15) is 0 Å². The van der Waals surface area contributed by atoms with E-state index in [1.165, 1.54) is 30.0 Å². The zero-order chi connectivity index (χ0) is 25.2. The topological polar surface area (TPSA) is 75.3 Å². The van der Waals surface area contributed by atoms with Crippen LogP contribution in [0.15, 0.2) is 59.5 Å². The van der Waals surface area contributed by atoms with E-state index in [9.17, 15) is 13.2 Å². The van der Waals surface area contributed by atoms with Gasteiger partial charge in [-0.05, 0) is 111 Å². The summed E-state index contributed by atoms with van der Waals surface area (Å²) in [6.07, 6.45) is 5.39. The van der Waals surface area contributed by atoms with Crippen molar-refractivity contribution in [2.75, 3.05) is 4.72 Å². The van der Waals surface area contributed by atoms with Crippen LogP contribution >= 0.6 is 0 Å². The molecule has 0 aliphatic heterocycles. The predicted octanol–water partition coefficient (Wildman–Crippen LogP) is 6.17. The molecule has 0 heterocycles. The number of rotatable bonds is 7. The molecule has 0 bridgehead atoms. The van der Waals surface area contributed by atoms with E-state index in [1.54, 1.807) is 25.1 Å². The van der Waals surface area contributed by atoms with Crippen molar-refractivity contribution >= 4 is 21.6 Å². The lowest BCUT2D eigenvalue weighted by Crippen LogP contribution is -2.28. The Bertz CT molecular complexity index is 1360. The van der Waals surface area contributed by atoms with E-state index in [-0.39, 0.29) is 16.8 Å². The number of carbonyl (C=O) groups is 1. The van der Waals surface area contributed by atoms with E-state index in [2.05, 4.69) is 28.2 Å². The highest BCUT2D eigenvalue weighted by Crippen LogP contribution is 2.27. The Hall–Kier alpha value is -3.12. The largest absolute Gasteiger partial charge is 0.345 e. The fourth-order valence-corrected chi connectivity index (χ4v) is 6.00. The first kappa shape index (κ1) is 25.0. The maximum atomic E-state index is 13.2. The average Bonchev–Trinajstić information content (AvgIpc) is 2.84. The monoisotopic (exact) mass is 490 g/mol. The zero-order valence-electron chi connectivity index (χ0n) is 20.9. The third kappa shape index (κ3) is 5.59. The molecule has 0 spiro atoms. The van der Waals surface area contributed by atoms with Gasteiger partial charge in [-0.2, -0.15) is 0 Å². The molecule has 6 heteroatoms. The molecule has 0 unspecified atom stereocenters. The summed E-state index contributed by atoms with van der Waals surface area (Å²) in [5, 5.41) is 3.11. The molecule has 0 aromatic heterocycles. The first-order valence-electron chi connectivity index (χ1n) is 12.3. The molecular formula is C29H34N2O3S. The van der Waals surface area contributed by atoms with E-state index >= 15 is 0 Å². The molecule has 3 aromatic rings. The number of carbonyl (C=O) groups excluding carboxylic acids is 1. The Labute approximate surface area is 209 Å². The summed E-state index contributed by atoms with van der Waals surface area (Å²) in [6.45, 7) is 7.70. The van der Waals surface area contributed by atoms with Crippen LogP contribution in [-0.2, 0) is 22.9 Å². The van der Waals surface area contributed by atoms with Crippen LogP contribution in [0.4, 0.5) is 5.69 Å². The zero-order valence-corrected chi connectivity index (χ0v) is 21.8. The molecule has 4 rings (SSSR count). The Kier molecular flexibility index (Phi) is 7.31. The minimum absolute atomic E-state index is 0.102. The molecule has 1 aliphatic carbocycles. The maximum absolute atomic E-state index is 13.2. The Morgan fingerprint density at radius 1 is 0.857 bits per heavy atom. The normalized spacial score (nSPS) is 14.2. The molecule has 184 valence electrons. The molecule has 1 amide bonds. The first-order valence-corrected chi connectivity index (χ1v) is 13.8. The van der Waals surface area contributed by atoms with E-state index < -0.39 is 10.0 Å². The third-order valence-corrected chi connectivity index (χ3v) is 8.51. The fraction of sp³-hybridized carbons (Fsp3) is 0.345. The number of hydrogen-bond donors (Lipinski definition) is 2. The Morgan fingerprint density at radius 2 is 1.57 bits per heavy atom. The van der Waals surface area contributed by atoms with Crippen LogP contribution in [0, 0.1) is 20.8 Å². The second-order valence-electron chi connectivity index (χ2n) is 9.55. The number of aryl methyl sites for hydroxylation is 5. The molecule has 0 radical (unpaired) electrons. The lowest BCUT2D eigenvalue weighted by molar-refractivity contribution is 0.0935. The van der Waals surface area contributed by atoms with Crippen LogP contribution in [-0.4, -0.2) is 14.3 Å². The van der Waals surface area contributed by atoms with Crippen LogP contribution < -0.4 is 10.0 Å². The molecule has 0 fully saturated rings. The quantitative estimate of drug-likeness (QED) is 0.416. The molecule has 0 saturated heterocycles. The molecule has 5 nitrogen and oxygen atoms in total. The van der Waals surface area contributed by atoms with Crippen molar-refractivity contribution < 1.29 is 13.2 Å². The molecule has 35 heavy (non-hydrogen) atoms. The maximum Gasteiger partial charge on any atom is 0.262 e. The molecule has 0 saturated carbocycles. The van der Waals surface area contributed by atoms with Crippen molar-refractivity contribution in [3.8, 4) is 0 Å². The predicted molar refractivity (Wildman–Crippen MR) is 141 cm³/mol. The van der Waals surface area contributed by atoms with E-state index in [0.717, 1.165) is 36.0 Å². The Balaban J connectivity index is 1.56. The highest BCUT2D eigenvalue weighted by Gasteiger charge is 2.22. The smallest absolute Gasteiger partial charge is 0.262 e. The van der Waals surface area contributed by atoms with Gasteiger partial charge in [0.2, 0.25) is 0 Å². The first-order chi connectivity index (χ1) is 16.7. The third-order valence-electron chi connectivity index (χ3n) is 6.99. The second-order valence-corrected chi connectivity index (χ2v) is 11.2. The number of hydrogen-bond acceptors (Lipinski definition) is 3. The van der Waals surface area contributed by atoms with Gasteiger partial charge in [0.25, 0.3) is 15.9 Å². The van der Waals surface area contributed by atoms with E-state index in [1.807, 2.05) is 32.9 Å². The SMILES string of the molecule is CC[C@@H](NC(=O)c1ccc(C)c(S(=O)(=O)Nc2ccc(C)c(C)c2)c1)c1ccc2c(c1)CCCC2.